The number of aromatic nitrogens is 1. The second kappa shape index (κ2) is 6.75. The highest BCUT2D eigenvalue weighted by Gasteiger charge is 2.33. The van der Waals surface area contributed by atoms with Gasteiger partial charge >= 0.3 is 0 Å². The Labute approximate surface area is 130 Å². The topological polar surface area (TPSA) is 76.1 Å². The lowest BCUT2D eigenvalue weighted by atomic mass is 9.95. The van der Waals surface area contributed by atoms with Crippen LogP contribution in [0.5, 0.6) is 0 Å². The van der Waals surface area contributed by atoms with Crippen LogP contribution in [0.2, 0.25) is 5.02 Å². The third-order valence-corrected chi connectivity index (χ3v) is 6.21. The maximum Gasteiger partial charge on any atom is 0.238 e. The van der Waals surface area contributed by atoms with Crippen molar-refractivity contribution in [1.29, 1.82) is 0 Å². The van der Waals surface area contributed by atoms with E-state index in [-0.39, 0.29) is 16.1 Å². The fourth-order valence-corrected chi connectivity index (χ4v) is 4.13. The Morgan fingerprint density at radius 1 is 1.38 bits per heavy atom. The van der Waals surface area contributed by atoms with Crippen molar-refractivity contribution in [2.75, 3.05) is 0 Å². The first-order chi connectivity index (χ1) is 9.93. The first-order valence-corrected chi connectivity index (χ1v) is 9.00. The van der Waals surface area contributed by atoms with Gasteiger partial charge in [-0.25, -0.2) is 13.4 Å². The van der Waals surface area contributed by atoms with Crippen molar-refractivity contribution in [2.45, 2.75) is 55.3 Å². The van der Waals surface area contributed by atoms with Crippen molar-refractivity contribution in [3.8, 4) is 0 Å². The molecule has 1 atom stereocenters. The molecule has 1 N–H and O–H groups in total. The molecule has 2 rings (SSSR count). The molecule has 116 valence electrons. The molecule has 0 spiro atoms. The van der Waals surface area contributed by atoms with Gasteiger partial charge in [-0.15, -0.1) is 0 Å². The fraction of sp³-hybridized carbons (Fsp3) is 0.571. The van der Waals surface area contributed by atoms with Gasteiger partial charge in [0.2, 0.25) is 15.7 Å². The number of carbonyl (C=O) groups is 1. The van der Waals surface area contributed by atoms with Crippen LogP contribution >= 0.6 is 11.6 Å². The van der Waals surface area contributed by atoms with E-state index in [1.54, 1.807) is 6.07 Å². The second-order valence-corrected chi connectivity index (χ2v) is 7.91. The van der Waals surface area contributed by atoms with Crippen LogP contribution in [0.4, 0.5) is 0 Å². The van der Waals surface area contributed by atoms with E-state index in [1.807, 2.05) is 0 Å². The highest BCUT2D eigenvalue weighted by atomic mass is 35.5. The van der Waals surface area contributed by atoms with Crippen LogP contribution in [0.25, 0.3) is 0 Å². The van der Waals surface area contributed by atoms with Gasteiger partial charge in [-0.05, 0) is 31.9 Å². The second-order valence-electron chi connectivity index (χ2n) is 5.32. The van der Waals surface area contributed by atoms with E-state index < -0.39 is 21.0 Å². The molecule has 1 heterocycles. The monoisotopic (exact) mass is 330 g/mol. The molecule has 1 aromatic heterocycles. The van der Waals surface area contributed by atoms with Crippen molar-refractivity contribution in [1.82, 2.24) is 10.3 Å². The lowest BCUT2D eigenvalue weighted by Crippen LogP contribution is -2.44. The molecule has 1 saturated carbocycles. The third-order valence-electron chi connectivity index (χ3n) is 3.78. The number of nitrogens with one attached hydrogen (secondary N) is 1. The molecular weight excluding hydrogens is 312 g/mol. The van der Waals surface area contributed by atoms with Crippen LogP contribution in [0.1, 0.15) is 39.0 Å². The summed E-state index contributed by atoms with van der Waals surface area (Å²) in [4.78, 5) is 16.0. The summed E-state index contributed by atoms with van der Waals surface area (Å²) in [5.74, 6) is -0.483. The average Bonchev–Trinajstić information content (AvgIpc) is 2.47. The minimum Gasteiger partial charge on any atom is -0.352 e. The maximum atomic E-state index is 12.4. The van der Waals surface area contributed by atoms with E-state index in [0.717, 1.165) is 25.7 Å². The zero-order valence-electron chi connectivity index (χ0n) is 11.9. The molecule has 0 aromatic carbocycles. The Hall–Kier alpha value is -1.14. The largest absolute Gasteiger partial charge is 0.352 e. The Balaban J connectivity index is 2.12. The van der Waals surface area contributed by atoms with Crippen LogP contribution in [-0.4, -0.2) is 30.6 Å². The summed E-state index contributed by atoms with van der Waals surface area (Å²) >= 11 is 5.88. The first kappa shape index (κ1) is 16.2. The highest BCUT2D eigenvalue weighted by molar-refractivity contribution is 7.92. The highest BCUT2D eigenvalue weighted by Crippen LogP contribution is 2.23. The van der Waals surface area contributed by atoms with Gasteiger partial charge in [0, 0.05) is 12.2 Å². The summed E-state index contributed by atoms with van der Waals surface area (Å²) < 4.78 is 24.9. The summed E-state index contributed by atoms with van der Waals surface area (Å²) in [7, 11) is -3.87. The van der Waals surface area contributed by atoms with E-state index >= 15 is 0 Å². The molecule has 21 heavy (non-hydrogen) atoms. The third kappa shape index (κ3) is 3.74. The Kier molecular flexibility index (Phi) is 5.22. The summed E-state index contributed by atoms with van der Waals surface area (Å²) in [6.07, 6.45) is 6.47. The number of hydrogen-bond donors (Lipinski definition) is 1. The molecular formula is C14H19ClN2O3S. The van der Waals surface area contributed by atoms with E-state index in [1.165, 1.54) is 25.6 Å². The van der Waals surface area contributed by atoms with Gasteiger partial charge in [-0.1, -0.05) is 30.9 Å². The zero-order valence-corrected chi connectivity index (χ0v) is 13.5. The molecule has 0 bridgehead atoms. The Bertz CT molecular complexity index is 612. The molecule has 7 heteroatoms. The molecule has 5 nitrogen and oxygen atoms in total. The van der Waals surface area contributed by atoms with E-state index in [4.69, 9.17) is 11.6 Å². The van der Waals surface area contributed by atoms with Gasteiger partial charge in [0.05, 0.1) is 5.02 Å². The number of hydrogen-bond acceptors (Lipinski definition) is 4. The van der Waals surface area contributed by atoms with E-state index in [0.29, 0.717) is 0 Å². The van der Waals surface area contributed by atoms with Crippen LogP contribution < -0.4 is 5.32 Å². The molecule has 1 amide bonds. The van der Waals surface area contributed by atoms with Crippen molar-refractivity contribution in [3.05, 3.63) is 23.4 Å². The molecule has 0 radical (unpaired) electrons. The SMILES string of the molecule is CC(C(=O)NC1CCCCC1)S(=O)(=O)c1ncccc1Cl. The summed E-state index contributed by atoms with van der Waals surface area (Å²) in [6, 6.07) is 3.07. The zero-order chi connectivity index (χ0) is 15.5. The first-order valence-electron chi connectivity index (χ1n) is 7.07. The predicted molar refractivity (Wildman–Crippen MR) is 80.9 cm³/mol. The van der Waals surface area contributed by atoms with Crippen LogP contribution in [0.3, 0.4) is 0 Å². The quantitative estimate of drug-likeness (QED) is 0.919. The molecule has 1 aromatic rings. The number of rotatable bonds is 4. The van der Waals surface area contributed by atoms with Gasteiger partial charge in [0.25, 0.3) is 0 Å². The standard InChI is InChI=1S/C14H19ClN2O3S/c1-10(13(18)17-11-6-3-2-4-7-11)21(19,20)14-12(15)8-5-9-16-14/h5,8-11H,2-4,6-7H2,1H3,(H,17,18). The molecule has 1 fully saturated rings. The van der Waals surface area contributed by atoms with Crippen molar-refractivity contribution < 1.29 is 13.2 Å². The smallest absolute Gasteiger partial charge is 0.238 e. The van der Waals surface area contributed by atoms with Crippen LogP contribution in [-0.2, 0) is 14.6 Å². The van der Waals surface area contributed by atoms with Crippen molar-refractivity contribution in [3.63, 3.8) is 0 Å². The number of sulfone groups is 1. The normalized spacial score (nSPS) is 18.2. The van der Waals surface area contributed by atoms with Gasteiger partial charge in [0.15, 0.2) is 5.03 Å². The number of amides is 1. The Morgan fingerprint density at radius 3 is 2.67 bits per heavy atom. The predicted octanol–water partition coefficient (Wildman–Crippen LogP) is 2.35. The molecule has 0 saturated heterocycles. The van der Waals surface area contributed by atoms with Gasteiger partial charge in [-0.2, -0.15) is 0 Å². The number of pyridine rings is 1. The Morgan fingerprint density at radius 2 is 2.05 bits per heavy atom. The molecule has 0 aliphatic heterocycles. The van der Waals surface area contributed by atoms with Crippen molar-refractivity contribution >= 4 is 27.3 Å². The van der Waals surface area contributed by atoms with Crippen LogP contribution in [0, 0.1) is 0 Å². The van der Waals surface area contributed by atoms with Crippen molar-refractivity contribution in [2.24, 2.45) is 0 Å². The van der Waals surface area contributed by atoms with E-state index in [9.17, 15) is 13.2 Å². The average molecular weight is 331 g/mol. The fourth-order valence-electron chi connectivity index (χ4n) is 2.45. The minimum atomic E-state index is -3.87. The molecule has 1 aliphatic carbocycles. The van der Waals surface area contributed by atoms with Crippen LogP contribution in [0.15, 0.2) is 23.4 Å². The minimum absolute atomic E-state index is 0.0369. The van der Waals surface area contributed by atoms with Gasteiger partial charge < -0.3 is 5.32 Å². The number of carbonyl (C=O) groups excluding carboxylic acids is 1. The molecule has 1 unspecified atom stereocenters. The maximum absolute atomic E-state index is 12.4. The summed E-state index contributed by atoms with van der Waals surface area (Å²) in [6.45, 7) is 1.37. The summed E-state index contributed by atoms with van der Waals surface area (Å²) in [5.41, 5.74) is 0. The van der Waals surface area contributed by atoms with Gasteiger partial charge in [0.1, 0.15) is 5.25 Å². The van der Waals surface area contributed by atoms with E-state index in [2.05, 4.69) is 10.3 Å². The number of nitrogens with zero attached hydrogens (tertiary/aromatic N) is 1. The number of halogens is 1. The lowest BCUT2D eigenvalue weighted by molar-refractivity contribution is -0.121. The lowest BCUT2D eigenvalue weighted by Gasteiger charge is -2.24. The molecule has 1 aliphatic rings. The van der Waals surface area contributed by atoms with Gasteiger partial charge in [-0.3, -0.25) is 4.79 Å². The summed E-state index contributed by atoms with van der Waals surface area (Å²) in [5, 5.41) is 1.42.